The monoisotopic (exact) mass is 474 g/mol. The molecule has 0 unspecified atom stereocenters. The van der Waals surface area contributed by atoms with Crippen LogP contribution in [0.4, 0.5) is 0 Å². The van der Waals surface area contributed by atoms with Gasteiger partial charge in [0.05, 0.1) is 53.3 Å². The van der Waals surface area contributed by atoms with Crippen LogP contribution in [0.1, 0.15) is 11.1 Å². The molecule has 0 bridgehead atoms. The van der Waals surface area contributed by atoms with Crippen molar-refractivity contribution in [3.63, 3.8) is 0 Å². The number of quaternary nitrogens is 2. The number of carbonyl (C=O) groups is 2. The number of likely N-dealkylation sites (N-methyl/N-ethyl adjacent to an activating group) is 2. The van der Waals surface area contributed by atoms with Crippen molar-refractivity contribution in [1.29, 1.82) is 0 Å². The summed E-state index contributed by atoms with van der Waals surface area (Å²) < 4.78 is 1.67. The molecule has 0 spiro atoms. The van der Waals surface area contributed by atoms with E-state index in [4.69, 9.17) is 10.2 Å². The van der Waals surface area contributed by atoms with Gasteiger partial charge in [-0.1, -0.05) is 60.7 Å². The number of carboxylic acids is 2. The summed E-state index contributed by atoms with van der Waals surface area (Å²) in [6.07, 6.45) is 0.769. The molecule has 2 aromatic carbocycles. The highest BCUT2D eigenvalue weighted by Gasteiger charge is 2.14. The third-order valence-electron chi connectivity index (χ3n) is 4.67. The van der Waals surface area contributed by atoms with Crippen molar-refractivity contribution in [2.75, 3.05) is 54.5 Å². The molecule has 0 fully saturated rings. The standard InChI is InChI=1S/2C11H18NO.C4H4O4/c2*1-12(2,8-9-13)10-11-6-4-3-5-7-11;5-3(6)1-2-4(7)8/h2*3-7,13H,8-10H2,1-2H3;1-2H,(H,5,6)(H,7,8)/q2*+1;/p-2/b;;2-1+. The average molecular weight is 475 g/mol. The van der Waals surface area contributed by atoms with E-state index in [0.717, 1.165) is 35.1 Å². The minimum absolute atomic E-state index is 0.250. The number of hydrogen-bond donors (Lipinski definition) is 2. The van der Waals surface area contributed by atoms with Crippen LogP contribution in [0.15, 0.2) is 72.8 Å². The maximum Gasteiger partial charge on any atom is 0.104 e. The molecular weight excluding hydrogens is 436 g/mol. The second-order valence-electron chi connectivity index (χ2n) is 9.02. The molecule has 0 aliphatic carbocycles. The second kappa shape index (κ2) is 16.6. The van der Waals surface area contributed by atoms with E-state index in [1.54, 1.807) is 0 Å². The molecule has 0 aliphatic heterocycles. The van der Waals surface area contributed by atoms with E-state index in [-0.39, 0.29) is 13.2 Å². The number of hydrogen-bond acceptors (Lipinski definition) is 6. The van der Waals surface area contributed by atoms with E-state index in [2.05, 4.69) is 52.5 Å². The van der Waals surface area contributed by atoms with Gasteiger partial charge in [-0.05, 0) is 12.2 Å². The SMILES string of the molecule is C[N+](C)(CCO)Cc1ccccc1.C[N+](C)(CCO)Cc1ccccc1.O=C([O-])/C=C/C(=O)[O-]. The Morgan fingerprint density at radius 2 is 0.971 bits per heavy atom. The highest BCUT2D eigenvalue weighted by atomic mass is 16.4. The van der Waals surface area contributed by atoms with Crippen molar-refractivity contribution < 1.29 is 39.0 Å². The Morgan fingerprint density at radius 1 is 0.676 bits per heavy atom. The predicted molar refractivity (Wildman–Crippen MR) is 128 cm³/mol. The summed E-state index contributed by atoms with van der Waals surface area (Å²) in [5, 5.41) is 36.6. The second-order valence-corrected chi connectivity index (χ2v) is 9.02. The lowest BCUT2D eigenvalue weighted by Gasteiger charge is -2.28. The first-order chi connectivity index (χ1) is 15.9. The molecular formula is C26H38N2O6. The van der Waals surface area contributed by atoms with Crippen molar-refractivity contribution >= 4 is 11.9 Å². The van der Waals surface area contributed by atoms with E-state index in [9.17, 15) is 19.8 Å². The van der Waals surface area contributed by atoms with Gasteiger partial charge in [0, 0.05) is 11.1 Å². The molecule has 2 rings (SSSR count). The Labute approximate surface area is 202 Å². The first kappa shape index (κ1) is 31.0. The van der Waals surface area contributed by atoms with Gasteiger partial charge in [-0.15, -0.1) is 0 Å². The molecule has 34 heavy (non-hydrogen) atoms. The molecule has 0 aromatic heterocycles. The van der Waals surface area contributed by atoms with Crippen LogP contribution >= 0.6 is 0 Å². The van der Waals surface area contributed by atoms with Gasteiger partial charge in [0.1, 0.15) is 26.2 Å². The number of benzene rings is 2. The first-order valence-corrected chi connectivity index (χ1v) is 10.9. The summed E-state index contributed by atoms with van der Waals surface area (Å²) in [4.78, 5) is 18.8. The maximum absolute atomic E-state index is 9.41. The Bertz CT molecular complexity index is 781. The molecule has 0 aliphatic rings. The molecule has 188 valence electrons. The Kier molecular flexibility index (Phi) is 15.1. The third-order valence-corrected chi connectivity index (χ3v) is 4.67. The number of aliphatic carboxylic acids is 2. The van der Waals surface area contributed by atoms with Crippen LogP contribution in [-0.4, -0.2) is 85.6 Å². The van der Waals surface area contributed by atoms with Crippen molar-refractivity contribution in [3.05, 3.63) is 83.9 Å². The van der Waals surface area contributed by atoms with Gasteiger partial charge in [-0.2, -0.15) is 0 Å². The molecule has 2 N–H and O–H groups in total. The summed E-state index contributed by atoms with van der Waals surface area (Å²) in [5.41, 5.74) is 2.64. The topological polar surface area (TPSA) is 121 Å². The lowest BCUT2D eigenvalue weighted by Crippen LogP contribution is -2.41. The van der Waals surface area contributed by atoms with E-state index >= 15 is 0 Å². The van der Waals surface area contributed by atoms with Crippen LogP contribution in [-0.2, 0) is 22.7 Å². The molecule has 0 saturated heterocycles. The number of aliphatic hydroxyl groups is 2. The van der Waals surface area contributed by atoms with Crippen molar-refractivity contribution in [3.8, 4) is 0 Å². The maximum atomic E-state index is 9.41. The smallest absolute Gasteiger partial charge is 0.104 e. The highest BCUT2D eigenvalue weighted by molar-refractivity contribution is 5.87. The van der Waals surface area contributed by atoms with Gasteiger partial charge >= 0.3 is 0 Å². The lowest BCUT2D eigenvalue weighted by atomic mass is 10.2. The van der Waals surface area contributed by atoms with Gasteiger partial charge in [0.2, 0.25) is 0 Å². The zero-order valence-corrected chi connectivity index (χ0v) is 20.6. The number of rotatable bonds is 10. The molecule has 0 amide bonds. The molecule has 0 radical (unpaired) electrons. The zero-order valence-electron chi connectivity index (χ0n) is 20.6. The fourth-order valence-corrected chi connectivity index (χ4v) is 2.99. The minimum Gasteiger partial charge on any atom is -0.545 e. The fraction of sp³-hybridized carbons (Fsp3) is 0.385. The molecule has 0 heterocycles. The summed E-state index contributed by atoms with van der Waals surface area (Å²) in [7, 11) is 8.51. The summed E-state index contributed by atoms with van der Waals surface area (Å²) in [6, 6.07) is 20.7. The normalized spacial score (nSPS) is 11.1. The zero-order chi connectivity index (χ0) is 26.0. The number of aliphatic hydroxyl groups excluding tert-OH is 2. The van der Waals surface area contributed by atoms with Gasteiger partial charge in [-0.25, -0.2) is 0 Å². The van der Waals surface area contributed by atoms with Crippen molar-refractivity contribution in [1.82, 2.24) is 0 Å². The minimum atomic E-state index is -1.55. The quantitative estimate of drug-likeness (QED) is 0.356. The third kappa shape index (κ3) is 17.5. The number of carbonyl (C=O) groups excluding carboxylic acids is 2. The van der Waals surface area contributed by atoms with Crippen LogP contribution in [0.5, 0.6) is 0 Å². The van der Waals surface area contributed by atoms with Gasteiger partial charge < -0.3 is 39.0 Å². The van der Waals surface area contributed by atoms with Crippen LogP contribution in [0.25, 0.3) is 0 Å². The molecule has 0 atom stereocenters. The summed E-state index contributed by atoms with van der Waals surface area (Å²) in [6.45, 7) is 4.05. The largest absolute Gasteiger partial charge is 0.545 e. The van der Waals surface area contributed by atoms with Gasteiger partial charge in [-0.3, -0.25) is 0 Å². The first-order valence-electron chi connectivity index (χ1n) is 10.9. The predicted octanol–water partition coefficient (Wildman–Crippen LogP) is -0.447. The van der Waals surface area contributed by atoms with E-state index in [1.807, 2.05) is 36.4 Å². The summed E-state index contributed by atoms with van der Waals surface area (Å²) >= 11 is 0. The molecule has 0 saturated carbocycles. The Balaban J connectivity index is 0.000000497. The van der Waals surface area contributed by atoms with Crippen molar-refractivity contribution in [2.45, 2.75) is 13.1 Å². The molecule has 8 nitrogen and oxygen atoms in total. The fourth-order valence-electron chi connectivity index (χ4n) is 2.99. The highest BCUT2D eigenvalue weighted by Crippen LogP contribution is 2.08. The molecule has 2 aromatic rings. The Morgan fingerprint density at radius 3 is 1.21 bits per heavy atom. The Hall–Kier alpha value is -3.04. The summed E-state index contributed by atoms with van der Waals surface area (Å²) in [5.74, 6) is -3.09. The van der Waals surface area contributed by atoms with Gasteiger partial charge in [0.15, 0.2) is 0 Å². The average Bonchev–Trinajstić information content (AvgIpc) is 2.74. The molecule has 8 heteroatoms. The van der Waals surface area contributed by atoms with E-state index < -0.39 is 11.9 Å². The van der Waals surface area contributed by atoms with Crippen molar-refractivity contribution in [2.24, 2.45) is 0 Å². The van der Waals surface area contributed by atoms with Crippen LogP contribution in [0.2, 0.25) is 0 Å². The number of carboxylic acid groups (broad SMARTS) is 2. The van der Waals surface area contributed by atoms with E-state index in [1.165, 1.54) is 11.1 Å². The van der Waals surface area contributed by atoms with Crippen LogP contribution < -0.4 is 10.2 Å². The lowest BCUT2D eigenvalue weighted by molar-refractivity contribution is -0.903. The van der Waals surface area contributed by atoms with Gasteiger partial charge in [0.25, 0.3) is 0 Å². The van der Waals surface area contributed by atoms with Crippen LogP contribution in [0.3, 0.4) is 0 Å². The van der Waals surface area contributed by atoms with E-state index in [0.29, 0.717) is 12.2 Å². The van der Waals surface area contributed by atoms with Crippen LogP contribution in [0, 0.1) is 0 Å². The number of nitrogens with zero attached hydrogens (tertiary/aromatic N) is 2.